The van der Waals surface area contributed by atoms with Gasteiger partial charge in [-0.2, -0.15) is 0 Å². The summed E-state index contributed by atoms with van der Waals surface area (Å²) in [4.78, 5) is 2.84. The van der Waals surface area contributed by atoms with Crippen molar-refractivity contribution in [2.45, 2.75) is 42.8 Å². The lowest BCUT2D eigenvalue weighted by Gasteiger charge is -2.24. The van der Waals surface area contributed by atoms with Crippen molar-refractivity contribution >= 4 is 10.0 Å². The van der Waals surface area contributed by atoms with Gasteiger partial charge in [0.05, 0.1) is 4.90 Å². The van der Waals surface area contributed by atoms with Crippen LogP contribution in [0, 0.1) is 0 Å². The molecule has 3 rings (SSSR count). The molecule has 0 amide bonds. The van der Waals surface area contributed by atoms with Gasteiger partial charge in [-0.15, -0.1) is 0 Å². The lowest BCUT2D eigenvalue weighted by Crippen LogP contribution is -2.34. The van der Waals surface area contributed by atoms with E-state index in [2.05, 4.69) is 10.2 Å². The zero-order valence-corrected chi connectivity index (χ0v) is 14.1. The molecule has 2 aliphatic rings. The normalized spacial score (nSPS) is 26.3. The number of rotatable bonds is 4. The lowest BCUT2D eigenvalue weighted by molar-refractivity contribution is 0.251. The zero-order chi connectivity index (χ0) is 15.7. The summed E-state index contributed by atoms with van der Waals surface area (Å²) in [6.07, 6.45) is 3.81. The fraction of sp³-hybridized carbons (Fsp3) is 0.625. The topological polar surface area (TPSA) is 52.7 Å². The molecule has 0 aromatic heterocycles. The van der Waals surface area contributed by atoms with E-state index < -0.39 is 10.0 Å². The van der Waals surface area contributed by atoms with Gasteiger partial charge in [-0.05, 0) is 37.0 Å². The van der Waals surface area contributed by atoms with E-state index >= 15 is 0 Å². The Balaban J connectivity index is 1.66. The number of fused-ring (bicyclic) bond motifs is 2. The number of nitrogens with one attached hydrogen (secondary N) is 1. The highest BCUT2D eigenvalue weighted by atomic mass is 32.2. The van der Waals surface area contributed by atoms with E-state index in [9.17, 15) is 8.42 Å². The van der Waals surface area contributed by atoms with Gasteiger partial charge in [-0.3, -0.25) is 4.90 Å². The number of benzene rings is 1. The van der Waals surface area contributed by atoms with Crippen molar-refractivity contribution in [3.8, 4) is 0 Å². The van der Waals surface area contributed by atoms with Crippen LogP contribution in [0.1, 0.15) is 24.8 Å². The van der Waals surface area contributed by atoms with Gasteiger partial charge in [-0.25, -0.2) is 12.7 Å². The van der Waals surface area contributed by atoms with E-state index in [0.717, 1.165) is 19.6 Å². The van der Waals surface area contributed by atoms with E-state index in [1.807, 2.05) is 12.1 Å². The van der Waals surface area contributed by atoms with Crippen LogP contribution in [0.3, 0.4) is 0 Å². The standard InChI is InChI=1S/C16H25N3O2S/c1-18(2)22(20,21)16-7-3-13(4-8-16)11-19-10-9-14-5-6-15(12-19)17-14/h3-4,7-8,14-15,17H,5-6,9-12H2,1-2H3. The maximum atomic E-state index is 12.1. The highest BCUT2D eigenvalue weighted by molar-refractivity contribution is 7.89. The van der Waals surface area contributed by atoms with Gasteiger partial charge >= 0.3 is 0 Å². The molecular formula is C16H25N3O2S. The Morgan fingerprint density at radius 3 is 2.50 bits per heavy atom. The fourth-order valence-corrected chi connectivity index (χ4v) is 4.30. The third-order valence-corrected chi connectivity index (χ3v) is 6.54. The third-order valence-electron chi connectivity index (χ3n) is 4.72. The van der Waals surface area contributed by atoms with Gasteiger partial charge in [0.25, 0.3) is 0 Å². The summed E-state index contributed by atoms with van der Waals surface area (Å²) >= 11 is 0. The van der Waals surface area contributed by atoms with Crippen molar-refractivity contribution in [1.29, 1.82) is 0 Å². The van der Waals surface area contributed by atoms with Crippen molar-refractivity contribution in [2.75, 3.05) is 27.2 Å². The first kappa shape index (κ1) is 15.9. The quantitative estimate of drug-likeness (QED) is 0.906. The maximum absolute atomic E-state index is 12.1. The summed E-state index contributed by atoms with van der Waals surface area (Å²) in [5, 5.41) is 3.68. The Kier molecular flexibility index (Phi) is 4.54. The molecule has 1 N–H and O–H groups in total. The van der Waals surface area contributed by atoms with Crippen LogP contribution in [-0.2, 0) is 16.6 Å². The van der Waals surface area contributed by atoms with Gasteiger partial charge in [0, 0.05) is 45.8 Å². The average molecular weight is 323 g/mol. The van der Waals surface area contributed by atoms with Crippen LogP contribution in [0.5, 0.6) is 0 Å². The van der Waals surface area contributed by atoms with E-state index in [4.69, 9.17) is 0 Å². The predicted molar refractivity (Wildman–Crippen MR) is 87.2 cm³/mol. The van der Waals surface area contributed by atoms with Crippen LogP contribution in [0.25, 0.3) is 0 Å². The first-order valence-electron chi connectivity index (χ1n) is 7.95. The Bertz CT molecular complexity index is 613. The van der Waals surface area contributed by atoms with Crippen LogP contribution < -0.4 is 5.32 Å². The smallest absolute Gasteiger partial charge is 0.242 e. The van der Waals surface area contributed by atoms with Crippen molar-refractivity contribution < 1.29 is 8.42 Å². The van der Waals surface area contributed by atoms with Crippen molar-refractivity contribution in [2.24, 2.45) is 0 Å². The summed E-state index contributed by atoms with van der Waals surface area (Å²) in [6, 6.07) is 8.63. The second-order valence-electron chi connectivity index (χ2n) is 6.59. The molecule has 22 heavy (non-hydrogen) atoms. The highest BCUT2D eigenvalue weighted by Crippen LogP contribution is 2.22. The molecule has 0 spiro atoms. The van der Waals surface area contributed by atoms with Gasteiger partial charge in [0.1, 0.15) is 0 Å². The number of likely N-dealkylation sites (tertiary alicyclic amines) is 1. The third kappa shape index (κ3) is 3.35. The van der Waals surface area contributed by atoms with Crippen LogP contribution >= 0.6 is 0 Å². The second-order valence-corrected chi connectivity index (χ2v) is 8.74. The van der Waals surface area contributed by atoms with Crippen LogP contribution in [0.2, 0.25) is 0 Å². The minimum absolute atomic E-state index is 0.359. The number of hydrogen-bond donors (Lipinski definition) is 1. The highest BCUT2D eigenvalue weighted by Gasteiger charge is 2.29. The molecule has 5 nitrogen and oxygen atoms in total. The Morgan fingerprint density at radius 1 is 1.14 bits per heavy atom. The molecule has 0 radical (unpaired) electrons. The van der Waals surface area contributed by atoms with Crippen molar-refractivity contribution in [1.82, 2.24) is 14.5 Å². The lowest BCUT2D eigenvalue weighted by atomic mass is 10.1. The van der Waals surface area contributed by atoms with Crippen molar-refractivity contribution in [3.63, 3.8) is 0 Å². The molecule has 2 atom stereocenters. The number of hydrogen-bond acceptors (Lipinski definition) is 4. The first-order valence-corrected chi connectivity index (χ1v) is 9.39. The summed E-state index contributed by atoms with van der Waals surface area (Å²) in [7, 11) is -0.214. The monoisotopic (exact) mass is 323 g/mol. The fourth-order valence-electron chi connectivity index (χ4n) is 3.39. The van der Waals surface area contributed by atoms with E-state index in [0.29, 0.717) is 17.0 Å². The molecule has 2 aliphatic heterocycles. The van der Waals surface area contributed by atoms with Crippen LogP contribution in [0.4, 0.5) is 0 Å². The average Bonchev–Trinajstić information content (AvgIpc) is 2.82. The van der Waals surface area contributed by atoms with Gasteiger partial charge < -0.3 is 5.32 Å². The molecule has 6 heteroatoms. The molecule has 2 heterocycles. The van der Waals surface area contributed by atoms with Gasteiger partial charge in [-0.1, -0.05) is 12.1 Å². The SMILES string of the molecule is CN(C)S(=O)(=O)c1ccc(CN2CCC3CCC(C2)N3)cc1. The Morgan fingerprint density at radius 2 is 1.82 bits per heavy atom. The van der Waals surface area contributed by atoms with Gasteiger partial charge in [0.15, 0.2) is 0 Å². The minimum Gasteiger partial charge on any atom is -0.310 e. The van der Waals surface area contributed by atoms with Crippen molar-refractivity contribution in [3.05, 3.63) is 29.8 Å². The number of sulfonamides is 1. The summed E-state index contributed by atoms with van der Waals surface area (Å²) < 4.78 is 25.4. The van der Waals surface area contributed by atoms with Crippen LogP contribution in [0.15, 0.2) is 29.2 Å². The van der Waals surface area contributed by atoms with E-state index in [1.54, 1.807) is 26.2 Å². The largest absolute Gasteiger partial charge is 0.310 e. The molecule has 122 valence electrons. The minimum atomic E-state index is -3.33. The summed E-state index contributed by atoms with van der Waals surface area (Å²) in [5.41, 5.74) is 1.18. The zero-order valence-electron chi connectivity index (χ0n) is 13.3. The molecule has 2 unspecified atom stereocenters. The molecule has 0 saturated carbocycles. The molecular weight excluding hydrogens is 298 g/mol. The predicted octanol–water partition coefficient (Wildman–Crippen LogP) is 1.26. The molecule has 0 aliphatic carbocycles. The second kappa shape index (κ2) is 6.28. The Labute approximate surface area is 133 Å². The molecule has 1 aromatic rings. The summed E-state index contributed by atoms with van der Waals surface area (Å²) in [6.45, 7) is 3.10. The van der Waals surface area contributed by atoms with Crippen LogP contribution in [-0.4, -0.2) is 56.9 Å². The molecule has 2 fully saturated rings. The molecule has 1 aromatic carbocycles. The number of nitrogens with zero attached hydrogens (tertiary/aromatic N) is 2. The first-order chi connectivity index (χ1) is 10.4. The molecule has 2 bridgehead atoms. The van der Waals surface area contributed by atoms with E-state index in [1.165, 1.54) is 29.1 Å². The molecule has 2 saturated heterocycles. The van der Waals surface area contributed by atoms with Gasteiger partial charge in [0.2, 0.25) is 10.0 Å². The van der Waals surface area contributed by atoms with E-state index in [-0.39, 0.29) is 0 Å². The maximum Gasteiger partial charge on any atom is 0.242 e. The Hall–Kier alpha value is -0.950. The summed E-state index contributed by atoms with van der Waals surface area (Å²) in [5.74, 6) is 0.